The van der Waals surface area contributed by atoms with Crippen molar-refractivity contribution in [1.29, 1.82) is 10.5 Å². The number of fused-ring (bicyclic) bond motifs is 6. The van der Waals surface area contributed by atoms with E-state index in [1.165, 1.54) is 22.7 Å². The molecule has 0 unspecified atom stereocenters. The van der Waals surface area contributed by atoms with Crippen molar-refractivity contribution < 1.29 is 0 Å². The summed E-state index contributed by atoms with van der Waals surface area (Å²) in [7, 11) is 0. The molecule has 2 aliphatic heterocycles. The minimum atomic E-state index is 0.293. The highest BCUT2D eigenvalue weighted by atomic mass is 32.1. The summed E-state index contributed by atoms with van der Waals surface area (Å²) in [6.45, 7) is 8.21. The molecule has 0 aromatic carbocycles. The van der Waals surface area contributed by atoms with E-state index < -0.39 is 0 Å². The quantitative estimate of drug-likeness (QED) is 0.209. The van der Waals surface area contributed by atoms with Crippen LogP contribution in [0, 0.1) is 34.5 Å². The summed E-state index contributed by atoms with van der Waals surface area (Å²) in [6, 6.07) is 8.45. The van der Waals surface area contributed by atoms with E-state index >= 15 is 0 Å². The van der Waals surface area contributed by atoms with Crippen LogP contribution in [0.25, 0.3) is 33.4 Å². The maximum Gasteiger partial charge on any atom is 0.186 e. The third kappa shape index (κ3) is 5.51. The summed E-state index contributed by atoms with van der Waals surface area (Å²) in [6.07, 6.45) is 16.8. The molecule has 16 heteroatoms. The van der Waals surface area contributed by atoms with Crippen molar-refractivity contribution >= 4 is 66.3 Å². The normalized spacial score (nSPS) is 20.7. The van der Waals surface area contributed by atoms with E-state index in [1.807, 2.05) is 49.3 Å². The van der Waals surface area contributed by atoms with Crippen LogP contribution in [-0.4, -0.2) is 74.9 Å². The van der Waals surface area contributed by atoms with Crippen molar-refractivity contribution in [2.75, 3.05) is 36.0 Å². The Hall–Kier alpha value is -5.84. The van der Waals surface area contributed by atoms with Crippen molar-refractivity contribution in [3.05, 3.63) is 83.1 Å². The largest absolute Gasteiger partial charge is 0.347 e. The van der Waals surface area contributed by atoms with Crippen LogP contribution >= 0.6 is 22.7 Å². The van der Waals surface area contributed by atoms with E-state index in [9.17, 15) is 0 Å². The average molecular weight is 727 g/mol. The van der Waals surface area contributed by atoms with Crippen LogP contribution in [-0.2, 0) is 0 Å². The SMILES string of the molecule is C[C@@H]1CCN(c2ncc(C#N)s2)C[C@@H]1c1ncc2cnc3[nH]ccc3n12.C[C@H]1CCN(c2ncc(C#N)s2)C[C@H]1c1ncc2cnc3[nH]ccc3n12. The molecule has 4 atom stereocenters. The second-order valence-corrected chi connectivity index (χ2v) is 15.6. The van der Waals surface area contributed by atoms with Gasteiger partial charge in [0.05, 0.1) is 59.2 Å². The van der Waals surface area contributed by atoms with E-state index in [1.54, 1.807) is 12.4 Å². The topological polar surface area (TPSA) is 172 Å². The number of piperidine rings is 2. The smallest absolute Gasteiger partial charge is 0.186 e. The number of hydrogen-bond acceptors (Lipinski definition) is 12. The standard InChI is InChI=1S/2C18H17N7S/c2*1-11-3-5-24(18-23-9-13(6-19)26-18)10-14(11)17-22-8-12-7-21-16-15(25(12)17)2-4-20-16/h2*2,4,7-9,11,14,20H,3,5,10H2,1H3/t2*11-,14+/m10/s1. The van der Waals surface area contributed by atoms with Gasteiger partial charge in [0.1, 0.15) is 33.5 Å². The van der Waals surface area contributed by atoms with Crippen molar-refractivity contribution in [3.63, 3.8) is 0 Å². The Bertz CT molecular complexity index is 2440. The summed E-state index contributed by atoms with van der Waals surface area (Å²) in [5.74, 6) is 3.77. The van der Waals surface area contributed by atoms with Gasteiger partial charge in [0, 0.05) is 50.4 Å². The lowest BCUT2D eigenvalue weighted by atomic mass is 9.86. The summed E-state index contributed by atoms with van der Waals surface area (Å²) >= 11 is 2.92. The molecule has 14 nitrogen and oxygen atoms in total. The molecule has 0 spiro atoms. The monoisotopic (exact) mass is 726 g/mol. The van der Waals surface area contributed by atoms with Gasteiger partial charge < -0.3 is 19.8 Å². The number of aromatic nitrogens is 10. The Morgan fingerprint density at radius 2 is 1.08 bits per heavy atom. The van der Waals surface area contributed by atoms with Gasteiger partial charge in [0.25, 0.3) is 0 Å². The molecule has 0 aliphatic carbocycles. The third-order valence-corrected chi connectivity index (χ3v) is 12.4. The number of aromatic amines is 2. The zero-order chi connectivity index (χ0) is 35.3. The van der Waals surface area contributed by atoms with Gasteiger partial charge in [-0.1, -0.05) is 36.5 Å². The van der Waals surface area contributed by atoms with Crippen LogP contribution in [0.4, 0.5) is 10.3 Å². The van der Waals surface area contributed by atoms with E-state index in [0.29, 0.717) is 33.4 Å². The Balaban J connectivity index is 0.000000138. The zero-order valence-electron chi connectivity index (χ0n) is 28.5. The molecule has 2 saturated heterocycles. The van der Waals surface area contributed by atoms with Gasteiger partial charge in [0.2, 0.25) is 0 Å². The van der Waals surface area contributed by atoms with Crippen molar-refractivity contribution in [2.45, 2.75) is 38.5 Å². The van der Waals surface area contributed by atoms with Crippen molar-refractivity contribution in [2.24, 2.45) is 11.8 Å². The summed E-state index contributed by atoms with van der Waals surface area (Å²) < 4.78 is 4.43. The van der Waals surface area contributed by atoms with Gasteiger partial charge in [-0.15, -0.1) is 0 Å². The third-order valence-electron chi connectivity index (χ3n) is 10.5. The lowest BCUT2D eigenvalue weighted by Crippen LogP contribution is -2.39. The molecule has 0 bridgehead atoms. The summed E-state index contributed by atoms with van der Waals surface area (Å²) in [5, 5.41) is 20.0. The van der Waals surface area contributed by atoms with Gasteiger partial charge in [-0.05, 0) is 36.8 Å². The highest BCUT2D eigenvalue weighted by molar-refractivity contribution is 7.16. The molecule has 0 amide bonds. The average Bonchev–Trinajstić information content (AvgIpc) is 4.02. The first-order chi connectivity index (χ1) is 25.5. The molecule has 8 aromatic heterocycles. The molecular formula is C36H34N14S2. The van der Waals surface area contributed by atoms with Gasteiger partial charge in [-0.25, -0.2) is 29.9 Å². The van der Waals surface area contributed by atoms with E-state index in [4.69, 9.17) is 20.5 Å². The highest BCUT2D eigenvalue weighted by Gasteiger charge is 2.33. The number of rotatable bonds is 4. The Morgan fingerprint density at radius 1 is 0.635 bits per heavy atom. The van der Waals surface area contributed by atoms with E-state index in [-0.39, 0.29) is 0 Å². The minimum absolute atomic E-state index is 0.293. The lowest BCUT2D eigenvalue weighted by molar-refractivity contribution is 0.367. The predicted molar refractivity (Wildman–Crippen MR) is 201 cm³/mol. The van der Waals surface area contributed by atoms with Gasteiger partial charge in [-0.3, -0.25) is 8.80 Å². The minimum Gasteiger partial charge on any atom is -0.347 e. The fraction of sp³-hybridized carbons (Fsp3) is 0.333. The lowest BCUT2D eigenvalue weighted by Gasteiger charge is -2.36. The molecule has 10 rings (SSSR count). The summed E-state index contributed by atoms with van der Waals surface area (Å²) in [5.41, 5.74) is 5.88. The summed E-state index contributed by atoms with van der Waals surface area (Å²) in [4.78, 5) is 39.5. The molecule has 10 heterocycles. The number of hydrogen-bond donors (Lipinski definition) is 2. The highest BCUT2D eigenvalue weighted by Crippen LogP contribution is 2.37. The van der Waals surface area contributed by atoms with Crippen LogP contribution in [0.1, 0.15) is 59.9 Å². The van der Waals surface area contributed by atoms with Crippen LogP contribution < -0.4 is 9.80 Å². The van der Waals surface area contributed by atoms with Crippen molar-refractivity contribution in [3.8, 4) is 12.1 Å². The first-order valence-electron chi connectivity index (χ1n) is 17.3. The molecule has 8 aromatic rings. The zero-order valence-corrected chi connectivity index (χ0v) is 30.1. The van der Waals surface area contributed by atoms with Gasteiger partial charge in [0.15, 0.2) is 21.6 Å². The second kappa shape index (κ2) is 13.0. The predicted octanol–water partition coefficient (Wildman–Crippen LogP) is 6.34. The van der Waals surface area contributed by atoms with Gasteiger partial charge in [-0.2, -0.15) is 10.5 Å². The number of nitrogens with one attached hydrogen (secondary N) is 2. The van der Waals surface area contributed by atoms with E-state index in [2.05, 4.69) is 74.5 Å². The maximum atomic E-state index is 9.07. The molecule has 260 valence electrons. The molecule has 2 aliphatic rings. The fourth-order valence-electron chi connectivity index (χ4n) is 7.61. The molecule has 2 N–H and O–H groups in total. The van der Waals surface area contributed by atoms with Crippen LogP contribution in [0.15, 0.2) is 61.7 Å². The van der Waals surface area contributed by atoms with Crippen molar-refractivity contribution in [1.82, 2.24) is 48.7 Å². The Kier molecular flexibility index (Phi) is 8.05. The number of nitrogens with zero attached hydrogens (tertiary/aromatic N) is 12. The Morgan fingerprint density at radius 3 is 1.50 bits per heavy atom. The molecule has 0 radical (unpaired) electrons. The second-order valence-electron chi connectivity index (χ2n) is 13.6. The molecular weight excluding hydrogens is 693 g/mol. The number of thiazole rings is 2. The Labute approximate surface area is 306 Å². The molecule has 0 saturated carbocycles. The first-order valence-corrected chi connectivity index (χ1v) is 18.9. The number of nitriles is 2. The fourth-order valence-corrected chi connectivity index (χ4v) is 9.10. The number of anilines is 2. The molecule has 2 fully saturated rings. The maximum absolute atomic E-state index is 9.07. The first kappa shape index (κ1) is 32.1. The van der Waals surface area contributed by atoms with E-state index in [0.717, 1.165) is 94.3 Å². The van der Waals surface area contributed by atoms with Crippen LogP contribution in [0.3, 0.4) is 0 Å². The number of H-pyrrole nitrogens is 2. The van der Waals surface area contributed by atoms with Crippen LogP contribution in [0.5, 0.6) is 0 Å². The van der Waals surface area contributed by atoms with Crippen LogP contribution in [0.2, 0.25) is 0 Å². The van der Waals surface area contributed by atoms with Gasteiger partial charge >= 0.3 is 0 Å². The molecule has 52 heavy (non-hydrogen) atoms. The number of imidazole rings is 2.